The molecule has 12 atom stereocenters. The van der Waals surface area contributed by atoms with Gasteiger partial charge in [-0.05, 0) is 0 Å². The molecule has 0 radical (unpaired) electrons. The van der Waals surface area contributed by atoms with Gasteiger partial charge in [-0.2, -0.15) is 17.2 Å². The van der Waals surface area contributed by atoms with E-state index >= 15 is 0 Å². The second-order valence-corrected chi connectivity index (χ2v) is 19.3. The van der Waals surface area contributed by atoms with Gasteiger partial charge in [-0.3, -0.25) is 18.2 Å². The maximum atomic E-state index is 12.4. The lowest BCUT2D eigenvalue weighted by Gasteiger charge is -2.21. The number of ether oxygens (including phenoxy) is 2. The molecule has 2 aliphatic heterocycles. The van der Waals surface area contributed by atoms with Gasteiger partial charge < -0.3 is 65.8 Å². The second-order valence-electron chi connectivity index (χ2n) is 11.5. The van der Waals surface area contributed by atoms with Gasteiger partial charge in [0.25, 0.3) is 0 Å². The van der Waals surface area contributed by atoms with E-state index in [4.69, 9.17) is 20.9 Å². The minimum atomic E-state index is -6.45. The van der Waals surface area contributed by atoms with Crippen LogP contribution in [0.15, 0.2) is 25.3 Å². The number of anilines is 2. The molecule has 6 rings (SSSR count). The number of phosphoric acid groups is 5. The zero-order chi connectivity index (χ0) is 41.9. The highest BCUT2D eigenvalue weighted by Crippen LogP contribution is 2.73. The average Bonchev–Trinajstić information content (AvgIpc) is 3.83. The van der Waals surface area contributed by atoms with Crippen molar-refractivity contribution in [1.82, 2.24) is 39.0 Å². The highest BCUT2D eigenvalue weighted by molar-refractivity contribution is 7.71. The SMILES string of the molecule is Nc1ncnc2c1ncn2C1OC(COP(=O)(O)OP(=O)(O)OP(=O)(O)OP(=O)(O)OP(=O)(O)OCC2OC(n3cnc4c(N)ncnc43)C(O)C2O)C(O)C1O. The molecule has 316 valence electrons. The largest absolute Gasteiger partial charge is 0.490 e. The Hall–Kier alpha value is -2.83. The smallest absolute Gasteiger partial charge is 0.387 e. The first-order chi connectivity index (χ1) is 26.4. The summed E-state index contributed by atoms with van der Waals surface area (Å²) in [7, 11) is -30.8. The number of aromatic nitrogens is 8. The van der Waals surface area contributed by atoms with Crippen LogP contribution in [0.5, 0.6) is 0 Å². The molecule has 4 aromatic heterocycles. The maximum Gasteiger partial charge on any atom is 0.490 e. The lowest BCUT2D eigenvalue weighted by atomic mass is 10.1. The van der Waals surface area contributed by atoms with Gasteiger partial charge in [-0.15, -0.1) is 0 Å². The van der Waals surface area contributed by atoms with Gasteiger partial charge >= 0.3 is 39.1 Å². The summed E-state index contributed by atoms with van der Waals surface area (Å²) >= 11 is 0. The molecule has 57 heavy (non-hydrogen) atoms. The van der Waals surface area contributed by atoms with Crippen molar-refractivity contribution in [1.29, 1.82) is 0 Å². The first kappa shape index (κ1) is 43.7. The Kier molecular flexibility index (Phi) is 12.3. The van der Waals surface area contributed by atoms with E-state index in [0.29, 0.717) is 0 Å². The predicted molar refractivity (Wildman–Crippen MR) is 177 cm³/mol. The summed E-state index contributed by atoms with van der Waals surface area (Å²) < 4.78 is 98.9. The molecule has 0 aliphatic carbocycles. The number of nitrogens with zero attached hydrogens (tertiary/aromatic N) is 8. The summed E-state index contributed by atoms with van der Waals surface area (Å²) in [6.45, 7) is -2.34. The molecule has 0 amide bonds. The van der Waals surface area contributed by atoms with E-state index in [1.54, 1.807) is 0 Å². The average molecular weight is 916 g/mol. The van der Waals surface area contributed by atoms with Crippen molar-refractivity contribution in [2.45, 2.75) is 49.1 Å². The van der Waals surface area contributed by atoms with Gasteiger partial charge in [0.05, 0.1) is 25.9 Å². The van der Waals surface area contributed by atoms with Crippen LogP contribution in [0.3, 0.4) is 0 Å². The summed E-state index contributed by atoms with van der Waals surface area (Å²) in [5.41, 5.74) is 11.7. The third-order valence-corrected chi connectivity index (χ3v) is 15.2. The van der Waals surface area contributed by atoms with Gasteiger partial charge in [-0.25, -0.2) is 52.7 Å². The van der Waals surface area contributed by atoms with Crippen LogP contribution >= 0.6 is 39.1 Å². The van der Waals surface area contributed by atoms with Gasteiger partial charge in [-0.1, -0.05) is 0 Å². The molecule has 0 bridgehead atoms. The number of hydrogen-bond acceptors (Lipinski definition) is 25. The van der Waals surface area contributed by atoms with Gasteiger partial charge in [0, 0.05) is 0 Å². The topological polar surface area (TPSA) is 481 Å². The van der Waals surface area contributed by atoms with Gasteiger partial charge in [0.1, 0.15) is 60.3 Å². The monoisotopic (exact) mass is 916 g/mol. The van der Waals surface area contributed by atoms with Crippen molar-refractivity contribution in [2.24, 2.45) is 0 Å². The number of nitrogens with two attached hydrogens (primary N) is 2. The Labute approximate surface area is 314 Å². The lowest BCUT2D eigenvalue weighted by Crippen LogP contribution is -2.33. The number of hydrogen-bond donors (Lipinski definition) is 11. The van der Waals surface area contributed by atoms with E-state index in [0.717, 1.165) is 34.4 Å². The zero-order valence-electron chi connectivity index (χ0n) is 27.6. The molecule has 13 N–H and O–H groups in total. The van der Waals surface area contributed by atoms with Gasteiger partial charge in [0.15, 0.2) is 35.4 Å². The van der Waals surface area contributed by atoms with Crippen LogP contribution in [0.4, 0.5) is 11.6 Å². The van der Waals surface area contributed by atoms with Crippen molar-refractivity contribution in [3.8, 4) is 0 Å². The van der Waals surface area contributed by atoms with E-state index in [9.17, 15) is 67.7 Å². The molecule has 32 nitrogen and oxygen atoms in total. The number of nitrogen functional groups attached to an aromatic ring is 2. The fourth-order valence-corrected chi connectivity index (χ4v) is 11.6. The van der Waals surface area contributed by atoms with E-state index in [1.165, 1.54) is 0 Å². The Balaban J connectivity index is 1.00. The van der Waals surface area contributed by atoms with E-state index in [2.05, 4.69) is 56.2 Å². The molecule has 4 aromatic rings. The highest BCUT2D eigenvalue weighted by atomic mass is 31.3. The summed E-state index contributed by atoms with van der Waals surface area (Å²) in [6.07, 6.45) is -9.04. The summed E-state index contributed by atoms with van der Waals surface area (Å²) in [5, 5.41) is 41.8. The molecule has 12 unspecified atom stereocenters. The van der Waals surface area contributed by atoms with Crippen LogP contribution in [0.1, 0.15) is 12.5 Å². The zero-order valence-corrected chi connectivity index (χ0v) is 32.1. The summed E-state index contributed by atoms with van der Waals surface area (Å²) in [5.74, 6) is -0.0770. The van der Waals surface area contributed by atoms with Gasteiger partial charge in [0.2, 0.25) is 0 Å². The molecular formula is C20H29N10O22P5. The number of aliphatic hydroxyl groups excluding tert-OH is 4. The molecule has 37 heteroatoms. The number of aliphatic hydroxyl groups is 4. The molecule has 0 saturated carbocycles. The standard InChI is InChI=1S/C20H29N10O22P5/c21-15-9-17(25-3-23-15)29(5-27-9)19-13(33)11(31)7(47-19)1-45-53(35,36)49-55(39,40)51-57(43,44)52-56(41,42)50-54(37,38)46-2-8-12(32)14(34)20(48-8)30-6-28-10-16(22)24-4-26-18(10)30/h3-8,11-14,19-20,31-34H,1-2H2,(H,35,36)(H,37,38)(H,39,40)(H,41,42)(H,43,44)(H2,21,23,25)(H2,22,24,26). The Morgan fingerprint density at radius 2 is 0.877 bits per heavy atom. The van der Waals surface area contributed by atoms with Crippen LogP contribution in [-0.2, 0) is 58.6 Å². The van der Waals surface area contributed by atoms with Crippen molar-refractivity contribution in [3.63, 3.8) is 0 Å². The molecule has 2 aliphatic rings. The second kappa shape index (κ2) is 16.0. The fourth-order valence-electron chi connectivity index (χ4n) is 5.25. The lowest BCUT2D eigenvalue weighted by molar-refractivity contribution is -0.0503. The van der Waals surface area contributed by atoms with E-state index in [-0.39, 0.29) is 34.0 Å². The first-order valence-corrected chi connectivity index (χ1v) is 22.5. The minimum absolute atomic E-state index is 0.0385. The van der Waals surface area contributed by atoms with Crippen LogP contribution in [0, 0.1) is 0 Å². The van der Waals surface area contributed by atoms with Crippen molar-refractivity contribution < 1.29 is 103 Å². The molecule has 0 aromatic carbocycles. The van der Waals surface area contributed by atoms with Crippen LogP contribution < -0.4 is 11.5 Å². The third kappa shape index (κ3) is 9.80. The van der Waals surface area contributed by atoms with Crippen LogP contribution in [-0.4, -0.2) is 134 Å². The number of rotatable bonds is 16. The maximum absolute atomic E-state index is 12.4. The van der Waals surface area contributed by atoms with E-state index in [1.807, 2.05) is 0 Å². The Bertz CT molecular complexity index is 2230. The quantitative estimate of drug-likeness (QED) is 0.0525. The molecule has 2 saturated heterocycles. The van der Waals surface area contributed by atoms with E-state index < -0.39 is 101 Å². The Morgan fingerprint density at radius 1 is 0.544 bits per heavy atom. The van der Waals surface area contributed by atoms with Crippen molar-refractivity contribution >= 4 is 73.1 Å². The van der Waals surface area contributed by atoms with Crippen LogP contribution in [0.25, 0.3) is 22.3 Å². The fraction of sp³-hybridized carbons (Fsp3) is 0.500. The Morgan fingerprint density at radius 3 is 1.23 bits per heavy atom. The number of phosphoric ester groups is 2. The number of imidazole rings is 2. The summed E-state index contributed by atoms with van der Waals surface area (Å²) in [6, 6.07) is 0. The van der Waals surface area contributed by atoms with Crippen molar-refractivity contribution in [2.75, 3.05) is 24.7 Å². The third-order valence-electron chi connectivity index (χ3n) is 7.63. The summed E-state index contributed by atoms with van der Waals surface area (Å²) in [4.78, 5) is 72.6. The highest BCUT2D eigenvalue weighted by Gasteiger charge is 2.51. The first-order valence-electron chi connectivity index (χ1n) is 15.1. The molecule has 0 spiro atoms. The molecule has 2 fully saturated rings. The predicted octanol–water partition coefficient (Wildman–Crippen LogP) is -2.33. The van der Waals surface area contributed by atoms with Crippen molar-refractivity contribution in [3.05, 3.63) is 25.3 Å². The molecule has 6 heterocycles. The normalized spacial score (nSPS) is 30.8. The van der Waals surface area contributed by atoms with Crippen LogP contribution in [0.2, 0.25) is 0 Å². The number of fused-ring (bicyclic) bond motifs is 2. The molecular weight excluding hydrogens is 887 g/mol. The minimum Gasteiger partial charge on any atom is -0.387 e.